The van der Waals surface area contributed by atoms with Crippen molar-refractivity contribution < 1.29 is 0 Å². The maximum Gasteiger partial charge on any atom is -0.00161 e. The summed E-state index contributed by atoms with van der Waals surface area (Å²) in [5, 5.41) is 0. The van der Waals surface area contributed by atoms with Gasteiger partial charge in [0, 0.05) is 0 Å². The molecule has 0 bridgehead atoms. The molecule has 1 fully saturated rings. The Morgan fingerprint density at radius 1 is 1.21 bits per heavy atom. The van der Waals surface area contributed by atoms with Crippen LogP contribution in [0.2, 0.25) is 0 Å². The summed E-state index contributed by atoms with van der Waals surface area (Å²) in [6.45, 7) is 7.10. The molecular weight excluding hydrogens is 172 g/mol. The van der Waals surface area contributed by atoms with Gasteiger partial charge in [0.2, 0.25) is 0 Å². The molecule has 0 atom stereocenters. The first-order valence-electron chi connectivity index (χ1n) is 6.29. The van der Waals surface area contributed by atoms with Crippen LogP contribution in [0.4, 0.5) is 0 Å². The van der Waals surface area contributed by atoms with Gasteiger partial charge in [-0.3, -0.25) is 0 Å². The van der Waals surface area contributed by atoms with Crippen molar-refractivity contribution in [1.82, 2.24) is 4.90 Å². The lowest BCUT2D eigenvalue weighted by molar-refractivity contribution is 0.177. The van der Waals surface area contributed by atoms with Crippen LogP contribution < -0.4 is 5.73 Å². The molecule has 0 amide bonds. The van der Waals surface area contributed by atoms with Gasteiger partial charge in [0.25, 0.3) is 0 Å². The van der Waals surface area contributed by atoms with Crippen LogP contribution in [-0.4, -0.2) is 31.1 Å². The lowest BCUT2D eigenvalue weighted by Gasteiger charge is -2.31. The highest BCUT2D eigenvalue weighted by molar-refractivity contribution is 4.72. The summed E-state index contributed by atoms with van der Waals surface area (Å²) >= 11 is 0. The van der Waals surface area contributed by atoms with Crippen LogP contribution in [-0.2, 0) is 0 Å². The number of likely N-dealkylation sites (tertiary alicyclic amines) is 1. The molecule has 0 aromatic rings. The highest BCUT2D eigenvalue weighted by atomic mass is 15.1. The second-order valence-corrected chi connectivity index (χ2v) is 4.57. The number of unbranched alkanes of at least 4 members (excludes halogenated alkanes) is 2. The van der Waals surface area contributed by atoms with Gasteiger partial charge in [0.1, 0.15) is 0 Å². The Bertz CT molecular complexity index is 128. The summed E-state index contributed by atoms with van der Waals surface area (Å²) in [5.74, 6) is 0.919. The maximum absolute atomic E-state index is 5.58. The third-order valence-corrected chi connectivity index (χ3v) is 3.36. The van der Waals surface area contributed by atoms with Crippen molar-refractivity contribution in [2.24, 2.45) is 11.7 Å². The monoisotopic (exact) mass is 198 g/mol. The number of hydrogen-bond acceptors (Lipinski definition) is 2. The van der Waals surface area contributed by atoms with Crippen LogP contribution in [0, 0.1) is 5.92 Å². The first-order valence-corrected chi connectivity index (χ1v) is 6.29. The summed E-state index contributed by atoms with van der Waals surface area (Å²) in [7, 11) is 0. The molecule has 0 aliphatic carbocycles. The first-order chi connectivity index (χ1) is 6.86. The minimum atomic E-state index is 0.875. The van der Waals surface area contributed by atoms with Crippen molar-refractivity contribution in [3.8, 4) is 0 Å². The molecule has 1 aliphatic rings. The molecule has 0 aromatic carbocycles. The van der Waals surface area contributed by atoms with E-state index in [1.807, 2.05) is 0 Å². The Hall–Kier alpha value is -0.0800. The lowest BCUT2D eigenvalue weighted by Crippen LogP contribution is -2.34. The van der Waals surface area contributed by atoms with Gasteiger partial charge in [-0.05, 0) is 57.8 Å². The van der Waals surface area contributed by atoms with E-state index in [9.17, 15) is 0 Å². The van der Waals surface area contributed by atoms with E-state index in [4.69, 9.17) is 5.73 Å². The topological polar surface area (TPSA) is 29.3 Å². The van der Waals surface area contributed by atoms with Gasteiger partial charge < -0.3 is 10.6 Å². The Morgan fingerprint density at radius 2 is 1.93 bits per heavy atom. The van der Waals surface area contributed by atoms with Crippen LogP contribution in [0.3, 0.4) is 0 Å². The minimum Gasteiger partial charge on any atom is -0.330 e. The maximum atomic E-state index is 5.58. The molecule has 2 heteroatoms. The van der Waals surface area contributed by atoms with Crippen LogP contribution in [0.1, 0.15) is 45.4 Å². The molecule has 1 aliphatic heterocycles. The largest absolute Gasteiger partial charge is 0.330 e. The van der Waals surface area contributed by atoms with Crippen molar-refractivity contribution in [2.75, 3.05) is 26.2 Å². The average molecular weight is 198 g/mol. The fourth-order valence-electron chi connectivity index (χ4n) is 2.32. The normalized spacial score (nSPS) is 20.1. The molecule has 2 nitrogen and oxygen atoms in total. The van der Waals surface area contributed by atoms with Crippen LogP contribution in [0.25, 0.3) is 0 Å². The molecule has 0 spiro atoms. The van der Waals surface area contributed by atoms with E-state index >= 15 is 0 Å². The van der Waals surface area contributed by atoms with E-state index in [2.05, 4.69) is 11.8 Å². The van der Waals surface area contributed by atoms with Gasteiger partial charge >= 0.3 is 0 Å². The Morgan fingerprint density at radius 3 is 2.50 bits per heavy atom. The van der Waals surface area contributed by atoms with Gasteiger partial charge in [0.15, 0.2) is 0 Å². The fourth-order valence-corrected chi connectivity index (χ4v) is 2.32. The molecule has 1 saturated heterocycles. The number of hydrogen-bond donors (Lipinski definition) is 1. The SMILES string of the molecule is CCCCCN1CCC(CCN)CC1. The minimum absolute atomic E-state index is 0.875. The highest BCUT2D eigenvalue weighted by Gasteiger charge is 2.17. The lowest BCUT2D eigenvalue weighted by atomic mass is 9.93. The van der Waals surface area contributed by atoms with Crippen molar-refractivity contribution in [3.63, 3.8) is 0 Å². The van der Waals surface area contributed by atoms with Crippen molar-refractivity contribution >= 4 is 0 Å². The fraction of sp³-hybridized carbons (Fsp3) is 1.00. The van der Waals surface area contributed by atoms with Gasteiger partial charge in [-0.2, -0.15) is 0 Å². The Labute approximate surface area is 88.8 Å². The molecule has 0 aromatic heterocycles. The number of nitrogens with zero attached hydrogens (tertiary/aromatic N) is 1. The summed E-state index contributed by atoms with van der Waals surface area (Å²) < 4.78 is 0. The molecule has 2 N–H and O–H groups in total. The van der Waals surface area contributed by atoms with Gasteiger partial charge in [-0.1, -0.05) is 19.8 Å². The van der Waals surface area contributed by atoms with Gasteiger partial charge in [0.05, 0.1) is 0 Å². The zero-order chi connectivity index (χ0) is 10.2. The predicted molar refractivity (Wildman–Crippen MR) is 62.4 cm³/mol. The van der Waals surface area contributed by atoms with E-state index in [-0.39, 0.29) is 0 Å². The molecule has 14 heavy (non-hydrogen) atoms. The number of nitrogens with two attached hydrogens (primary N) is 1. The van der Waals surface area contributed by atoms with E-state index in [1.54, 1.807) is 0 Å². The zero-order valence-electron chi connectivity index (χ0n) is 9.67. The van der Waals surface area contributed by atoms with E-state index in [0.717, 1.165) is 12.5 Å². The first kappa shape index (κ1) is 12.0. The Kier molecular flexibility index (Phi) is 6.20. The van der Waals surface area contributed by atoms with Gasteiger partial charge in [-0.25, -0.2) is 0 Å². The molecule has 1 rings (SSSR count). The van der Waals surface area contributed by atoms with Crippen LogP contribution >= 0.6 is 0 Å². The van der Waals surface area contributed by atoms with E-state index in [1.165, 1.54) is 58.2 Å². The molecule has 0 unspecified atom stereocenters. The molecule has 84 valence electrons. The highest BCUT2D eigenvalue weighted by Crippen LogP contribution is 2.19. The van der Waals surface area contributed by atoms with Crippen LogP contribution in [0.15, 0.2) is 0 Å². The van der Waals surface area contributed by atoms with E-state index < -0.39 is 0 Å². The summed E-state index contributed by atoms with van der Waals surface area (Å²) in [4.78, 5) is 2.63. The summed E-state index contributed by atoms with van der Waals surface area (Å²) in [5.41, 5.74) is 5.58. The average Bonchev–Trinajstić information content (AvgIpc) is 2.21. The second kappa shape index (κ2) is 7.24. The predicted octanol–water partition coefficient (Wildman–Crippen LogP) is 2.24. The third-order valence-electron chi connectivity index (χ3n) is 3.36. The molecule has 1 heterocycles. The van der Waals surface area contributed by atoms with E-state index in [0.29, 0.717) is 0 Å². The summed E-state index contributed by atoms with van der Waals surface area (Å²) in [6.07, 6.45) is 8.11. The Balaban J connectivity index is 2.03. The molecule has 0 radical (unpaired) electrons. The van der Waals surface area contributed by atoms with Crippen LogP contribution in [0.5, 0.6) is 0 Å². The summed E-state index contributed by atoms with van der Waals surface area (Å²) in [6, 6.07) is 0. The molecular formula is C12H26N2. The second-order valence-electron chi connectivity index (χ2n) is 4.57. The smallest absolute Gasteiger partial charge is 0.00161 e. The third kappa shape index (κ3) is 4.43. The number of piperidine rings is 1. The number of rotatable bonds is 6. The zero-order valence-corrected chi connectivity index (χ0v) is 9.67. The van der Waals surface area contributed by atoms with Crippen molar-refractivity contribution in [1.29, 1.82) is 0 Å². The quantitative estimate of drug-likeness (QED) is 0.663. The van der Waals surface area contributed by atoms with Crippen molar-refractivity contribution in [3.05, 3.63) is 0 Å². The van der Waals surface area contributed by atoms with Crippen molar-refractivity contribution in [2.45, 2.75) is 45.4 Å². The standard InChI is InChI=1S/C12H26N2/c1-2-3-4-9-14-10-6-12(5-8-13)7-11-14/h12H,2-11,13H2,1H3. The van der Waals surface area contributed by atoms with Gasteiger partial charge in [-0.15, -0.1) is 0 Å². The molecule has 0 saturated carbocycles.